The fourth-order valence-corrected chi connectivity index (χ4v) is 3.24. The molecule has 0 fully saturated rings. The normalized spacial score (nSPS) is 13.0. The van der Waals surface area contributed by atoms with Crippen LogP contribution in [-0.2, 0) is 33.6 Å². The molecule has 1 aliphatic rings. The summed E-state index contributed by atoms with van der Waals surface area (Å²) in [6.07, 6.45) is 4.92. The van der Waals surface area contributed by atoms with Crippen molar-refractivity contribution >= 4 is 28.7 Å². The van der Waals surface area contributed by atoms with Crippen molar-refractivity contribution < 1.29 is 23.3 Å². The first-order valence-corrected chi connectivity index (χ1v) is 8.49. The number of furan rings is 1. The van der Waals surface area contributed by atoms with E-state index in [0.717, 1.165) is 35.8 Å². The molecule has 0 atom stereocenters. The summed E-state index contributed by atoms with van der Waals surface area (Å²) in [5.74, 6) is -0.0879. The maximum absolute atomic E-state index is 12.1. The Morgan fingerprint density at radius 3 is 2.81 bits per heavy atom. The lowest BCUT2D eigenvalue weighted by Gasteiger charge is -2.04. The third kappa shape index (κ3) is 3.33. The lowest BCUT2D eigenvalue weighted by Crippen LogP contribution is -2.21. The summed E-state index contributed by atoms with van der Waals surface area (Å²) in [4.78, 5) is 23.9. The molecule has 0 unspecified atom stereocenters. The standard InChI is InChI=1S/C19H18N2O5/c1-11-5-17(21-26-11)20-18(22)10-25-19(23)8-14-9-24-16-7-13-4-2-3-12(13)6-15(14)16/h5-7,9H,2-4,8,10H2,1H3,(H,20,21,22). The Hall–Kier alpha value is -3.09. The second-order valence-electron chi connectivity index (χ2n) is 6.44. The van der Waals surface area contributed by atoms with Gasteiger partial charge >= 0.3 is 5.97 Å². The predicted octanol–water partition coefficient (Wildman–Crippen LogP) is 2.94. The summed E-state index contributed by atoms with van der Waals surface area (Å²) in [5, 5.41) is 7.08. The van der Waals surface area contributed by atoms with Gasteiger partial charge in [0.25, 0.3) is 5.91 Å². The molecule has 1 aromatic carbocycles. The van der Waals surface area contributed by atoms with Crippen LogP contribution in [0.3, 0.4) is 0 Å². The molecule has 0 saturated carbocycles. The van der Waals surface area contributed by atoms with Gasteiger partial charge in [-0.25, -0.2) is 0 Å². The van der Waals surface area contributed by atoms with Crippen molar-refractivity contribution in [3.8, 4) is 0 Å². The molecule has 1 aliphatic carbocycles. The van der Waals surface area contributed by atoms with Gasteiger partial charge in [0.1, 0.15) is 11.3 Å². The van der Waals surface area contributed by atoms with Crippen LogP contribution in [0.2, 0.25) is 0 Å². The molecule has 7 heteroatoms. The molecular formula is C19H18N2O5. The van der Waals surface area contributed by atoms with E-state index in [0.29, 0.717) is 11.6 Å². The van der Waals surface area contributed by atoms with Crippen LogP contribution in [0.25, 0.3) is 11.0 Å². The Bertz CT molecular complexity index is 985. The summed E-state index contributed by atoms with van der Waals surface area (Å²) >= 11 is 0. The average Bonchev–Trinajstić information content (AvgIpc) is 3.32. The average molecular weight is 354 g/mol. The first-order chi connectivity index (χ1) is 12.6. The van der Waals surface area contributed by atoms with Gasteiger partial charge in [0.05, 0.1) is 12.7 Å². The second-order valence-corrected chi connectivity index (χ2v) is 6.44. The van der Waals surface area contributed by atoms with Crippen molar-refractivity contribution in [3.63, 3.8) is 0 Å². The van der Waals surface area contributed by atoms with Gasteiger partial charge in [0.2, 0.25) is 0 Å². The van der Waals surface area contributed by atoms with Crippen molar-refractivity contribution in [2.75, 3.05) is 11.9 Å². The zero-order chi connectivity index (χ0) is 18.1. The van der Waals surface area contributed by atoms with E-state index in [-0.39, 0.29) is 13.0 Å². The minimum Gasteiger partial charge on any atom is -0.464 e. The number of nitrogens with zero attached hydrogens (tertiary/aromatic N) is 1. The van der Waals surface area contributed by atoms with Crippen molar-refractivity contribution in [1.29, 1.82) is 0 Å². The first kappa shape index (κ1) is 16.4. The molecule has 26 heavy (non-hydrogen) atoms. The highest BCUT2D eigenvalue weighted by molar-refractivity contribution is 5.92. The lowest BCUT2D eigenvalue weighted by atomic mass is 10.0. The topological polar surface area (TPSA) is 94.6 Å². The van der Waals surface area contributed by atoms with E-state index in [1.807, 2.05) is 0 Å². The third-order valence-corrected chi connectivity index (χ3v) is 4.46. The van der Waals surface area contributed by atoms with Crippen molar-refractivity contribution in [2.24, 2.45) is 0 Å². The molecule has 1 N–H and O–H groups in total. The van der Waals surface area contributed by atoms with Crippen molar-refractivity contribution in [2.45, 2.75) is 32.6 Å². The molecule has 1 amide bonds. The third-order valence-electron chi connectivity index (χ3n) is 4.46. The summed E-state index contributed by atoms with van der Waals surface area (Å²) < 4.78 is 15.5. The van der Waals surface area contributed by atoms with Gasteiger partial charge in [0, 0.05) is 17.0 Å². The number of nitrogens with one attached hydrogen (secondary N) is 1. The van der Waals surface area contributed by atoms with Gasteiger partial charge in [-0.3, -0.25) is 9.59 Å². The SMILES string of the molecule is Cc1cc(NC(=O)COC(=O)Cc2coc3cc4c(cc23)CCC4)no1. The number of aromatic nitrogens is 1. The van der Waals surface area contributed by atoms with Gasteiger partial charge in [-0.2, -0.15) is 0 Å². The van der Waals surface area contributed by atoms with Gasteiger partial charge in [0.15, 0.2) is 12.4 Å². The molecule has 3 aromatic rings. The lowest BCUT2D eigenvalue weighted by molar-refractivity contribution is -0.146. The Balaban J connectivity index is 1.36. The fourth-order valence-electron chi connectivity index (χ4n) is 3.24. The highest BCUT2D eigenvalue weighted by atomic mass is 16.5. The van der Waals surface area contributed by atoms with E-state index in [1.165, 1.54) is 11.1 Å². The Labute approximate surface area is 149 Å². The summed E-state index contributed by atoms with van der Waals surface area (Å²) in [6.45, 7) is 1.34. The highest BCUT2D eigenvalue weighted by Gasteiger charge is 2.17. The van der Waals surface area contributed by atoms with Crippen LogP contribution in [0.15, 0.2) is 33.4 Å². The molecule has 4 rings (SSSR count). The smallest absolute Gasteiger partial charge is 0.310 e. The van der Waals surface area contributed by atoms with Gasteiger partial charge < -0.3 is 19.0 Å². The highest BCUT2D eigenvalue weighted by Crippen LogP contribution is 2.30. The monoisotopic (exact) mass is 354 g/mol. The number of fused-ring (bicyclic) bond motifs is 2. The molecule has 0 bridgehead atoms. The molecule has 0 aliphatic heterocycles. The number of hydrogen-bond donors (Lipinski definition) is 1. The number of ether oxygens (including phenoxy) is 1. The molecule has 134 valence electrons. The second kappa shape index (κ2) is 6.67. The van der Waals surface area contributed by atoms with Crippen molar-refractivity contribution in [3.05, 3.63) is 46.9 Å². The number of carbonyl (C=O) groups is 2. The summed E-state index contributed by atoms with van der Waals surface area (Å²) in [7, 11) is 0. The van der Waals surface area contributed by atoms with E-state index < -0.39 is 11.9 Å². The number of aryl methyl sites for hydroxylation is 3. The van der Waals surface area contributed by atoms with E-state index in [4.69, 9.17) is 13.7 Å². The number of benzene rings is 1. The van der Waals surface area contributed by atoms with Gasteiger partial charge in [-0.1, -0.05) is 5.16 Å². The molecule has 7 nitrogen and oxygen atoms in total. The maximum Gasteiger partial charge on any atom is 0.310 e. The quantitative estimate of drug-likeness (QED) is 0.708. The van der Waals surface area contributed by atoms with Crippen LogP contribution in [0, 0.1) is 6.92 Å². The summed E-state index contributed by atoms with van der Waals surface area (Å²) in [5.41, 5.74) is 4.19. The maximum atomic E-state index is 12.1. The number of esters is 1. The Morgan fingerprint density at radius 1 is 1.23 bits per heavy atom. The number of carbonyl (C=O) groups excluding carboxylic acids is 2. The molecule has 2 aromatic heterocycles. The van der Waals surface area contributed by atoms with E-state index >= 15 is 0 Å². The molecule has 0 spiro atoms. The van der Waals surface area contributed by atoms with Crippen molar-refractivity contribution in [1.82, 2.24) is 5.16 Å². The van der Waals surface area contributed by atoms with E-state index in [2.05, 4.69) is 22.6 Å². The zero-order valence-corrected chi connectivity index (χ0v) is 14.3. The number of anilines is 1. The van der Waals surface area contributed by atoms with Crippen LogP contribution in [0.4, 0.5) is 5.82 Å². The Kier molecular flexibility index (Phi) is 4.20. The minimum atomic E-state index is -0.486. The minimum absolute atomic E-state index is 0.0577. The van der Waals surface area contributed by atoms with Crippen LogP contribution < -0.4 is 5.32 Å². The van der Waals surface area contributed by atoms with Crippen LogP contribution in [0.5, 0.6) is 0 Å². The first-order valence-electron chi connectivity index (χ1n) is 8.49. The van der Waals surface area contributed by atoms with Crippen LogP contribution >= 0.6 is 0 Å². The number of hydrogen-bond acceptors (Lipinski definition) is 6. The fraction of sp³-hybridized carbons (Fsp3) is 0.316. The molecule has 0 saturated heterocycles. The molecule has 0 radical (unpaired) electrons. The number of rotatable bonds is 5. The Morgan fingerprint density at radius 2 is 2.04 bits per heavy atom. The zero-order valence-electron chi connectivity index (χ0n) is 14.3. The van der Waals surface area contributed by atoms with Crippen LogP contribution in [0.1, 0.15) is 28.9 Å². The molecule has 2 heterocycles. The predicted molar refractivity (Wildman–Crippen MR) is 92.8 cm³/mol. The summed E-state index contributed by atoms with van der Waals surface area (Å²) in [6, 6.07) is 5.74. The molecular weight excluding hydrogens is 336 g/mol. The van der Waals surface area contributed by atoms with Crippen LogP contribution in [-0.4, -0.2) is 23.6 Å². The number of amides is 1. The van der Waals surface area contributed by atoms with Gasteiger partial charge in [-0.15, -0.1) is 0 Å². The van der Waals surface area contributed by atoms with E-state index in [1.54, 1.807) is 19.3 Å². The van der Waals surface area contributed by atoms with E-state index in [9.17, 15) is 9.59 Å². The van der Waals surface area contributed by atoms with Gasteiger partial charge in [-0.05, 0) is 49.4 Å². The largest absolute Gasteiger partial charge is 0.464 e.